The lowest BCUT2D eigenvalue weighted by Crippen LogP contribution is -2.41. The van der Waals surface area contributed by atoms with E-state index in [-0.39, 0.29) is 24.5 Å². The zero-order chi connectivity index (χ0) is 17.8. The van der Waals surface area contributed by atoms with Crippen LogP contribution in [-0.4, -0.2) is 35.5 Å². The number of aliphatic hydroxyl groups excluding tert-OH is 1. The summed E-state index contributed by atoms with van der Waals surface area (Å²) in [5.74, 6) is 0.342. The van der Waals surface area contributed by atoms with Crippen LogP contribution in [0.5, 0.6) is 0 Å². The number of hydrogen-bond acceptors (Lipinski definition) is 5. The second-order valence-corrected chi connectivity index (χ2v) is 6.64. The fourth-order valence-electron chi connectivity index (χ4n) is 3.11. The minimum atomic E-state index is -0.497. The van der Waals surface area contributed by atoms with E-state index in [1.165, 1.54) is 0 Å². The van der Waals surface area contributed by atoms with Crippen LogP contribution in [0.3, 0.4) is 0 Å². The highest BCUT2D eigenvalue weighted by Crippen LogP contribution is 2.28. The van der Waals surface area contributed by atoms with E-state index in [1.807, 2.05) is 18.2 Å². The molecule has 1 saturated carbocycles. The topological polar surface area (TPSA) is 84.6 Å². The lowest BCUT2D eigenvalue weighted by atomic mass is 9.84. The summed E-state index contributed by atoms with van der Waals surface area (Å²) in [5.41, 5.74) is 1.39. The monoisotopic (exact) mass is 364 g/mol. The minimum Gasteiger partial charge on any atom is -0.390 e. The third kappa shape index (κ3) is 4.21. The molecular weight excluding hydrogens is 344 g/mol. The molecule has 1 heterocycles. The second kappa shape index (κ2) is 7.99. The summed E-state index contributed by atoms with van der Waals surface area (Å²) < 4.78 is 10.6. The first-order chi connectivity index (χ1) is 12.1. The zero-order valence-corrected chi connectivity index (χ0v) is 14.7. The SMILES string of the molecule is CO[C@@H]1C[C@H](C(=O)NCc2cc(-c3ccccc3Cl)on2)CC[C@@H]1O. The van der Waals surface area contributed by atoms with E-state index in [2.05, 4.69) is 10.5 Å². The summed E-state index contributed by atoms with van der Waals surface area (Å²) in [6, 6.07) is 9.12. The summed E-state index contributed by atoms with van der Waals surface area (Å²) in [7, 11) is 1.56. The lowest BCUT2D eigenvalue weighted by Gasteiger charge is -2.31. The van der Waals surface area contributed by atoms with Crippen molar-refractivity contribution in [1.82, 2.24) is 10.5 Å². The molecule has 3 atom stereocenters. The number of amides is 1. The van der Waals surface area contributed by atoms with E-state index >= 15 is 0 Å². The molecule has 3 rings (SSSR count). The molecule has 0 saturated heterocycles. The van der Waals surface area contributed by atoms with Crippen molar-refractivity contribution in [2.75, 3.05) is 7.11 Å². The van der Waals surface area contributed by atoms with Gasteiger partial charge in [-0.1, -0.05) is 28.9 Å². The standard InChI is InChI=1S/C18H21ClN2O4/c1-24-17-8-11(6-7-15(17)22)18(23)20-10-12-9-16(25-21-12)13-4-2-3-5-14(13)19/h2-5,9,11,15,17,22H,6-8,10H2,1H3,(H,20,23)/t11-,15+,17-/m1/s1. The highest BCUT2D eigenvalue weighted by atomic mass is 35.5. The number of aromatic nitrogens is 1. The summed E-state index contributed by atoms with van der Waals surface area (Å²) in [6.45, 7) is 0.281. The first-order valence-corrected chi connectivity index (χ1v) is 8.65. The maximum atomic E-state index is 12.3. The number of nitrogens with zero attached hydrogens (tertiary/aromatic N) is 1. The van der Waals surface area contributed by atoms with Gasteiger partial charge in [0.15, 0.2) is 5.76 Å². The molecule has 0 aliphatic heterocycles. The number of benzene rings is 1. The van der Waals surface area contributed by atoms with Crippen LogP contribution in [0.2, 0.25) is 5.02 Å². The first kappa shape index (κ1) is 17.9. The third-order valence-electron chi connectivity index (χ3n) is 4.57. The molecule has 1 aliphatic carbocycles. The van der Waals surface area contributed by atoms with Crippen molar-refractivity contribution in [2.24, 2.45) is 5.92 Å². The molecule has 1 fully saturated rings. The van der Waals surface area contributed by atoms with Crippen LogP contribution in [0, 0.1) is 5.92 Å². The molecule has 0 radical (unpaired) electrons. The van der Waals surface area contributed by atoms with Crippen LogP contribution in [0.15, 0.2) is 34.9 Å². The molecule has 0 unspecified atom stereocenters. The van der Waals surface area contributed by atoms with Crippen molar-refractivity contribution in [3.63, 3.8) is 0 Å². The molecule has 1 aliphatic rings. The quantitative estimate of drug-likeness (QED) is 0.852. The number of methoxy groups -OCH3 is 1. The average molecular weight is 365 g/mol. The largest absolute Gasteiger partial charge is 0.390 e. The Morgan fingerprint density at radius 2 is 2.24 bits per heavy atom. The maximum Gasteiger partial charge on any atom is 0.223 e. The fourth-order valence-corrected chi connectivity index (χ4v) is 3.34. The van der Waals surface area contributed by atoms with Gasteiger partial charge in [0.25, 0.3) is 0 Å². The summed E-state index contributed by atoms with van der Waals surface area (Å²) >= 11 is 6.15. The van der Waals surface area contributed by atoms with Gasteiger partial charge in [0.1, 0.15) is 5.69 Å². The molecule has 2 N–H and O–H groups in total. The predicted molar refractivity (Wildman–Crippen MR) is 92.9 cm³/mol. The summed E-state index contributed by atoms with van der Waals surface area (Å²) in [4.78, 5) is 12.3. The van der Waals surface area contributed by atoms with Crippen molar-refractivity contribution in [1.29, 1.82) is 0 Å². The Morgan fingerprint density at radius 1 is 1.44 bits per heavy atom. The molecule has 0 spiro atoms. The Balaban J connectivity index is 1.57. The van der Waals surface area contributed by atoms with Gasteiger partial charge >= 0.3 is 0 Å². The Morgan fingerprint density at radius 3 is 3.00 bits per heavy atom. The van der Waals surface area contributed by atoms with Crippen molar-refractivity contribution in [3.05, 3.63) is 41.0 Å². The number of carbonyl (C=O) groups excluding carboxylic acids is 1. The molecule has 1 aromatic carbocycles. The number of hydrogen-bond donors (Lipinski definition) is 2. The smallest absolute Gasteiger partial charge is 0.223 e. The van der Waals surface area contributed by atoms with Gasteiger partial charge in [-0.3, -0.25) is 4.79 Å². The highest BCUT2D eigenvalue weighted by Gasteiger charge is 2.32. The van der Waals surface area contributed by atoms with E-state index in [0.29, 0.717) is 35.7 Å². The zero-order valence-electron chi connectivity index (χ0n) is 13.9. The van der Waals surface area contributed by atoms with Gasteiger partial charge in [-0.15, -0.1) is 0 Å². The third-order valence-corrected chi connectivity index (χ3v) is 4.90. The molecular formula is C18H21ClN2O4. The lowest BCUT2D eigenvalue weighted by molar-refractivity contribution is -0.130. The van der Waals surface area contributed by atoms with Gasteiger partial charge in [-0.2, -0.15) is 0 Å². The van der Waals surface area contributed by atoms with Crippen LogP contribution in [0.4, 0.5) is 0 Å². The molecule has 134 valence electrons. The Labute approximate surface area is 151 Å². The molecule has 7 heteroatoms. The van der Waals surface area contributed by atoms with Crippen LogP contribution in [-0.2, 0) is 16.1 Å². The van der Waals surface area contributed by atoms with Crippen molar-refractivity contribution < 1.29 is 19.2 Å². The number of nitrogens with one attached hydrogen (secondary N) is 1. The number of carbonyl (C=O) groups is 1. The van der Waals surface area contributed by atoms with E-state index in [1.54, 1.807) is 19.2 Å². The van der Waals surface area contributed by atoms with Crippen molar-refractivity contribution in [3.8, 4) is 11.3 Å². The average Bonchev–Trinajstić information content (AvgIpc) is 3.09. The normalized spacial score (nSPS) is 23.4. The van der Waals surface area contributed by atoms with Gasteiger partial charge in [0, 0.05) is 24.7 Å². The second-order valence-electron chi connectivity index (χ2n) is 6.23. The number of ether oxygens (including phenoxy) is 1. The Bertz CT molecular complexity index is 733. The predicted octanol–water partition coefficient (Wildman–Crippen LogP) is 2.79. The van der Waals surface area contributed by atoms with Gasteiger partial charge < -0.3 is 19.7 Å². The van der Waals surface area contributed by atoms with Crippen LogP contribution in [0.1, 0.15) is 25.0 Å². The molecule has 0 bridgehead atoms. The molecule has 1 aromatic heterocycles. The minimum absolute atomic E-state index is 0.0590. The molecule has 6 nitrogen and oxygen atoms in total. The van der Waals surface area contributed by atoms with Gasteiger partial charge in [0.2, 0.25) is 5.91 Å². The van der Waals surface area contributed by atoms with E-state index in [0.717, 1.165) is 5.56 Å². The van der Waals surface area contributed by atoms with E-state index in [9.17, 15) is 9.90 Å². The molecule has 2 aromatic rings. The number of aliphatic hydroxyl groups is 1. The van der Waals surface area contributed by atoms with Gasteiger partial charge in [-0.05, 0) is 31.4 Å². The first-order valence-electron chi connectivity index (χ1n) is 8.27. The van der Waals surface area contributed by atoms with Crippen LogP contribution < -0.4 is 5.32 Å². The molecule has 1 amide bonds. The summed E-state index contributed by atoms with van der Waals surface area (Å²) in [6.07, 6.45) is 0.951. The molecule has 25 heavy (non-hydrogen) atoms. The van der Waals surface area contributed by atoms with Crippen molar-refractivity contribution >= 4 is 17.5 Å². The van der Waals surface area contributed by atoms with Crippen molar-refractivity contribution in [2.45, 2.75) is 38.0 Å². The van der Waals surface area contributed by atoms with Crippen LogP contribution >= 0.6 is 11.6 Å². The Kier molecular flexibility index (Phi) is 5.73. The number of halogens is 1. The Hall–Kier alpha value is -1.89. The van der Waals surface area contributed by atoms with E-state index < -0.39 is 6.10 Å². The maximum absolute atomic E-state index is 12.3. The van der Waals surface area contributed by atoms with Gasteiger partial charge in [0.05, 0.1) is 23.8 Å². The summed E-state index contributed by atoms with van der Waals surface area (Å²) in [5, 5.41) is 17.3. The highest BCUT2D eigenvalue weighted by molar-refractivity contribution is 6.33. The van der Waals surface area contributed by atoms with Gasteiger partial charge in [-0.25, -0.2) is 0 Å². The van der Waals surface area contributed by atoms with Crippen LogP contribution in [0.25, 0.3) is 11.3 Å². The number of rotatable bonds is 5. The van der Waals surface area contributed by atoms with E-state index in [4.69, 9.17) is 20.9 Å². The fraction of sp³-hybridized carbons (Fsp3) is 0.444.